The van der Waals surface area contributed by atoms with Crippen LogP contribution < -0.4 is 10.1 Å². The molecule has 2 heterocycles. The summed E-state index contributed by atoms with van der Waals surface area (Å²) in [5, 5.41) is 12.0. The SMILES string of the molecule is [B]N1CCC[C@@H]1CNc1ncncc1C(=N)c1ccc(Oc2ccccc2)cc1. The van der Waals surface area contributed by atoms with Crippen molar-refractivity contribution in [2.24, 2.45) is 0 Å². The zero-order valence-electron chi connectivity index (χ0n) is 16.1. The largest absolute Gasteiger partial charge is 0.457 e. The third kappa shape index (κ3) is 4.63. The summed E-state index contributed by atoms with van der Waals surface area (Å²) in [7, 11) is 6.01. The molecule has 1 aliphatic rings. The maximum Gasteiger partial charge on any atom is 0.182 e. The van der Waals surface area contributed by atoms with E-state index in [1.165, 1.54) is 6.33 Å². The zero-order valence-corrected chi connectivity index (χ0v) is 16.1. The standard InChI is InChI=1S/C22H22BN5O/c23-28-12-4-5-17(28)13-26-22-20(14-25-15-27-22)21(24)16-8-10-19(11-9-16)29-18-6-2-1-3-7-18/h1-3,6-11,14-15,17,24H,4-5,12-13H2,(H,25,26,27)/t17-/m1/s1. The van der Waals surface area contributed by atoms with Crippen molar-refractivity contribution >= 4 is 19.5 Å². The lowest BCUT2D eigenvalue weighted by atomic mass is 10.0. The van der Waals surface area contributed by atoms with Crippen LogP contribution in [0.5, 0.6) is 11.5 Å². The summed E-state index contributed by atoms with van der Waals surface area (Å²) in [6, 6.07) is 17.4. The van der Waals surface area contributed by atoms with Crippen molar-refractivity contribution in [1.82, 2.24) is 14.8 Å². The fourth-order valence-electron chi connectivity index (χ4n) is 3.41. The van der Waals surface area contributed by atoms with Gasteiger partial charge in [0.25, 0.3) is 0 Å². The number of para-hydroxylation sites is 1. The van der Waals surface area contributed by atoms with Gasteiger partial charge in [-0.25, -0.2) is 9.97 Å². The molecule has 29 heavy (non-hydrogen) atoms. The Hall–Kier alpha value is -3.19. The summed E-state index contributed by atoms with van der Waals surface area (Å²) in [5.41, 5.74) is 1.78. The highest BCUT2D eigenvalue weighted by atomic mass is 16.5. The smallest absolute Gasteiger partial charge is 0.182 e. The van der Waals surface area contributed by atoms with Gasteiger partial charge in [-0.2, -0.15) is 0 Å². The Balaban J connectivity index is 1.46. The quantitative estimate of drug-likeness (QED) is 0.481. The monoisotopic (exact) mass is 383 g/mol. The second kappa shape index (κ2) is 8.88. The Morgan fingerprint density at radius 1 is 1.14 bits per heavy atom. The Labute approximate surface area is 171 Å². The van der Waals surface area contributed by atoms with Gasteiger partial charge in [-0.05, 0) is 55.8 Å². The van der Waals surface area contributed by atoms with E-state index in [4.69, 9.17) is 18.1 Å². The van der Waals surface area contributed by atoms with Crippen molar-refractivity contribution in [3.63, 3.8) is 0 Å². The molecule has 144 valence electrons. The van der Waals surface area contributed by atoms with Gasteiger partial charge in [-0.3, -0.25) is 5.41 Å². The maximum atomic E-state index is 8.63. The molecule has 7 heteroatoms. The number of nitrogens with one attached hydrogen (secondary N) is 2. The van der Waals surface area contributed by atoms with Crippen LogP contribution in [0.3, 0.4) is 0 Å². The lowest BCUT2D eigenvalue weighted by Crippen LogP contribution is -2.33. The van der Waals surface area contributed by atoms with E-state index in [-0.39, 0.29) is 6.04 Å². The number of hydrogen-bond acceptors (Lipinski definition) is 6. The van der Waals surface area contributed by atoms with Crippen molar-refractivity contribution in [3.05, 3.63) is 78.2 Å². The Kier molecular flexibility index (Phi) is 5.86. The van der Waals surface area contributed by atoms with Gasteiger partial charge in [-0.1, -0.05) is 18.2 Å². The molecule has 0 saturated carbocycles. The highest BCUT2D eigenvalue weighted by Gasteiger charge is 2.21. The first-order valence-electron chi connectivity index (χ1n) is 9.68. The molecular formula is C22H22BN5O. The fourth-order valence-corrected chi connectivity index (χ4v) is 3.41. The van der Waals surface area contributed by atoms with Crippen molar-refractivity contribution in [2.45, 2.75) is 18.9 Å². The van der Waals surface area contributed by atoms with Gasteiger partial charge in [0.15, 0.2) is 7.98 Å². The lowest BCUT2D eigenvalue weighted by Gasteiger charge is -2.21. The first kappa shape index (κ1) is 19.1. The van der Waals surface area contributed by atoms with Crippen LogP contribution >= 0.6 is 0 Å². The number of aromatic nitrogens is 2. The number of benzene rings is 2. The highest BCUT2D eigenvalue weighted by molar-refractivity contribution is 6.13. The van der Waals surface area contributed by atoms with Gasteiger partial charge in [0, 0.05) is 24.3 Å². The summed E-state index contributed by atoms with van der Waals surface area (Å²) < 4.78 is 5.82. The van der Waals surface area contributed by atoms with E-state index in [0.29, 0.717) is 23.6 Å². The molecule has 3 aromatic rings. The van der Waals surface area contributed by atoms with Gasteiger partial charge in [0.1, 0.15) is 23.6 Å². The summed E-state index contributed by atoms with van der Waals surface area (Å²) in [6.07, 6.45) is 5.32. The Bertz CT molecular complexity index is 964. The van der Waals surface area contributed by atoms with E-state index < -0.39 is 0 Å². The third-order valence-corrected chi connectivity index (χ3v) is 5.03. The summed E-state index contributed by atoms with van der Waals surface area (Å²) >= 11 is 0. The van der Waals surface area contributed by atoms with Gasteiger partial charge in [0.2, 0.25) is 0 Å². The second-order valence-electron chi connectivity index (χ2n) is 7.01. The fraction of sp³-hybridized carbons (Fsp3) is 0.227. The van der Waals surface area contributed by atoms with E-state index in [1.54, 1.807) is 6.20 Å². The summed E-state index contributed by atoms with van der Waals surface area (Å²) in [4.78, 5) is 10.3. The van der Waals surface area contributed by atoms with E-state index in [1.807, 2.05) is 59.4 Å². The summed E-state index contributed by atoms with van der Waals surface area (Å²) in [6.45, 7) is 1.61. The first-order chi connectivity index (χ1) is 14.2. The van der Waals surface area contributed by atoms with Gasteiger partial charge < -0.3 is 14.9 Å². The van der Waals surface area contributed by atoms with E-state index in [0.717, 1.165) is 36.4 Å². The van der Waals surface area contributed by atoms with Crippen LogP contribution in [0.2, 0.25) is 0 Å². The normalized spacial score (nSPS) is 16.5. The van der Waals surface area contributed by atoms with E-state index in [2.05, 4.69) is 15.3 Å². The second-order valence-corrected chi connectivity index (χ2v) is 7.01. The predicted molar refractivity (Wildman–Crippen MR) is 115 cm³/mol. The van der Waals surface area contributed by atoms with Crippen LogP contribution in [-0.2, 0) is 0 Å². The third-order valence-electron chi connectivity index (χ3n) is 5.03. The van der Waals surface area contributed by atoms with E-state index in [9.17, 15) is 0 Å². The van der Waals surface area contributed by atoms with Gasteiger partial charge in [0.05, 0.1) is 11.3 Å². The number of ether oxygens (including phenoxy) is 1. The minimum absolute atomic E-state index is 0.279. The maximum absolute atomic E-state index is 8.63. The van der Waals surface area contributed by atoms with Crippen molar-refractivity contribution in [1.29, 1.82) is 5.41 Å². The molecule has 2 aromatic carbocycles. The van der Waals surface area contributed by atoms with E-state index >= 15 is 0 Å². The van der Waals surface area contributed by atoms with Gasteiger partial charge in [-0.15, -0.1) is 0 Å². The number of rotatable bonds is 7. The molecule has 0 bridgehead atoms. The minimum Gasteiger partial charge on any atom is -0.457 e. The zero-order chi connectivity index (χ0) is 20.1. The average Bonchev–Trinajstić information content (AvgIpc) is 3.18. The molecule has 0 unspecified atom stereocenters. The molecule has 1 atom stereocenters. The average molecular weight is 383 g/mol. The molecule has 1 aliphatic heterocycles. The number of hydrogen-bond donors (Lipinski definition) is 2. The molecule has 2 N–H and O–H groups in total. The first-order valence-corrected chi connectivity index (χ1v) is 9.68. The summed E-state index contributed by atoms with van der Waals surface area (Å²) in [5.74, 6) is 2.15. The Morgan fingerprint density at radius 3 is 2.62 bits per heavy atom. The van der Waals surface area contributed by atoms with Crippen molar-refractivity contribution < 1.29 is 4.74 Å². The molecule has 1 saturated heterocycles. The highest BCUT2D eigenvalue weighted by Crippen LogP contribution is 2.23. The van der Waals surface area contributed by atoms with Crippen LogP contribution in [0.4, 0.5) is 5.82 Å². The topological polar surface area (TPSA) is 74.1 Å². The van der Waals surface area contributed by atoms with Crippen LogP contribution in [0, 0.1) is 5.41 Å². The Morgan fingerprint density at radius 2 is 1.90 bits per heavy atom. The van der Waals surface area contributed by atoms with Crippen LogP contribution in [-0.4, -0.2) is 47.6 Å². The molecule has 0 aliphatic carbocycles. The van der Waals surface area contributed by atoms with Crippen LogP contribution in [0.15, 0.2) is 67.1 Å². The van der Waals surface area contributed by atoms with Crippen LogP contribution in [0.1, 0.15) is 24.0 Å². The molecular weight excluding hydrogens is 361 g/mol. The molecule has 0 amide bonds. The van der Waals surface area contributed by atoms with Crippen molar-refractivity contribution in [2.75, 3.05) is 18.4 Å². The minimum atomic E-state index is 0.279. The van der Waals surface area contributed by atoms with Gasteiger partial charge >= 0.3 is 0 Å². The predicted octanol–water partition coefficient (Wildman–Crippen LogP) is 3.64. The molecule has 0 spiro atoms. The molecule has 2 radical (unpaired) electrons. The molecule has 4 rings (SSSR count). The van der Waals surface area contributed by atoms with Crippen LogP contribution in [0.25, 0.3) is 0 Å². The molecule has 1 fully saturated rings. The number of anilines is 1. The van der Waals surface area contributed by atoms with Crippen molar-refractivity contribution in [3.8, 4) is 11.5 Å². The molecule has 1 aromatic heterocycles. The molecule has 6 nitrogen and oxygen atoms in total. The lowest BCUT2D eigenvalue weighted by molar-refractivity contribution is 0.435. The number of nitrogens with zero attached hydrogens (tertiary/aromatic N) is 3.